The van der Waals surface area contributed by atoms with Gasteiger partial charge in [-0.05, 0) is 43.9 Å². The molecular weight excluding hydrogens is 247 g/mol. The van der Waals surface area contributed by atoms with Crippen molar-refractivity contribution in [2.75, 3.05) is 5.32 Å². The average molecular weight is 262 g/mol. The number of anilines is 1. The predicted molar refractivity (Wildman–Crippen MR) is 72.5 cm³/mol. The van der Waals surface area contributed by atoms with Crippen LogP contribution in [0.1, 0.15) is 28.4 Å². The number of nitrogens with zero attached hydrogens (tertiary/aromatic N) is 1. The van der Waals surface area contributed by atoms with Crippen LogP contribution in [0.4, 0.5) is 10.1 Å². The summed E-state index contributed by atoms with van der Waals surface area (Å²) in [5.41, 5.74) is 2.09. The van der Waals surface area contributed by atoms with Crippen molar-refractivity contribution in [3.05, 3.63) is 45.7 Å². The first-order valence-electron chi connectivity index (χ1n) is 6.28. The van der Waals surface area contributed by atoms with Crippen LogP contribution in [0, 0.1) is 5.82 Å². The van der Waals surface area contributed by atoms with E-state index in [1.165, 1.54) is 42.0 Å². The first-order valence-corrected chi connectivity index (χ1v) is 7.10. The van der Waals surface area contributed by atoms with E-state index in [1.54, 1.807) is 17.4 Å². The Morgan fingerprint density at radius 3 is 3.00 bits per heavy atom. The lowest BCUT2D eigenvalue weighted by Crippen LogP contribution is -2.01. The zero-order valence-corrected chi connectivity index (χ0v) is 10.9. The van der Waals surface area contributed by atoms with Crippen molar-refractivity contribution < 1.29 is 4.39 Å². The van der Waals surface area contributed by atoms with E-state index in [4.69, 9.17) is 0 Å². The van der Waals surface area contributed by atoms with Crippen molar-refractivity contribution in [1.29, 1.82) is 0 Å². The molecule has 1 aromatic carbocycles. The first-order chi connectivity index (χ1) is 8.81. The third-order valence-corrected chi connectivity index (χ3v) is 4.32. The zero-order valence-electron chi connectivity index (χ0n) is 10.1. The lowest BCUT2D eigenvalue weighted by molar-refractivity contribution is 0.628. The molecule has 0 amide bonds. The number of rotatable bonds is 3. The van der Waals surface area contributed by atoms with Crippen LogP contribution >= 0.6 is 11.3 Å². The summed E-state index contributed by atoms with van der Waals surface area (Å²) in [5.74, 6) is -0.210. The molecule has 0 saturated carbocycles. The molecule has 1 N–H and O–H groups in total. The monoisotopic (exact) mass is 262 g/mol. The van der Waals surface area contributed by atoms with Crippen molar-refractivity contribution in [3.63, 3.8) is 0 Å². The molecule has 1 aliphatic rings. The van der Waals surface area contributed by atoms with Crippen LogP contribution in [-0.4, -0.2) is 4.98 Å². The number of thiazole rings is 1. The summed E-state index contributed by atoms with van der Waals surface area (Å²) in [7, 11) is 0. The molecule has 18 heavy (non-hydrogen) atoms. The summed E-state index contributed by atoms with van der Waals surface area (Å²) < 4.78 is 13.0. The fourth-order valence-corrected chi connectivity index (χ4v) is 3.35. The van der Waals surface area contributed by atoms with Gasteiger partial charge in [-0.3, -0.25) is 0 Å². The van der Waals surface area contributed by atoms with E-state index < -0.39 is 0 Å². The fourth-order valence-electron chi connectivity index (χ4n) is 2.26. The van der Waals surface area contributed by atoms with Gasteiger partial charge in [0.25, 0.3) is 0 Å². The molecule has 94 valence electrons. The van der Waals surface area contributed by atoms with Gasteiger partial charge >= 0.3 is 0 Å². The second-order valence-electron chi connectivity index (χ2n) is 4.55. The van der Waals surface area contributed by atoms with Gasteiger partial charge in [0.2, 0.25) is 0 Å². The van der Waals surface area contributed by atoms with Gasteiger partial charge in [0.15, 0.2) is 0 Å². The summed E-state index contributed by atoms with van der Waals surface area (Å²) in [6.45, 7) is 0.682. The van der Waals surface area contributed by atoms with E-state index in [-0.39, 0.29) is 5.82 Å². The number of nitrogens with one attached hydrogen (secondary N) is 1. The summed E-state index contributed by atoms with van der Waals surface area (Å²) in [6.07, 6.45) is 4.83. The van der Waals surface area contributed by atoms with Crippen LogP contribution in [0.2, 0.25) is 0 Å². The van der Waals surface area contributed by atoms with Gasteiger partial charge in [-0.25, -0.2) is 9.37 Å². The molecule has 2 nitrogen and oxygen atoms in total. The van der Waals surface area contributed by atoms with Gasteiger partial charge in [0.1, 0.15) is 10.8 Å². The molecule has 0 bridgehead atoms. The standard InChI is InChI=1S/C14H15FN2S/c15-10-4-3-5-11(8-10)16-9-14-17-12-6-1-2-7-13(12)18-14/h3-5,8,16H,1-2,6-7,9H2. The van der Waals surface area contributed by atoms with Gasteiger partial charge < -0.3 is 5.32 Å². The first kappa shape index (κ1) is 11.7. The van der Waals surface area contributed by atoms with Crippen molar-refractivity contribution in [3.8, 4) is 0 Å². The molecule has 0 aliphatic heterocycles. The fraction of sp³-hybridized carbons (Fsp3) is 0.357. The molecule has 4 heteroatoms. The molecule has 1 aliphatic carbocycles. The van der Waals surface area contributed by atoms with Crippen LogP contribution in [0.15, 0.2) is 24.3 Å². The Morgan fingerprint density at radius 1 is 1.28 bits per heavy atom. The molecule has 2 aromatic rings. The van der Waals surface area contributed by atoms with Gasteiger partial charge in [-0.15, -0.1) is 11.3 Å². The van der Waals surface area contributed by atoms with E-state index in [0.717, 1.165) is 17.1 Å². The van der Waals surface area contributed by atoms with Crippen molar-refractivity contribution in [2.45, 2.75) is 32.2 Å². The smallest absolute Gasteiger partial charge is 0.125 e. The third-order valence-electron chi connectivity index (χ3n) is 3.16. The minimum absolute atomic E-state index is 0.210. The summed E-state index contributed by atoms with van der Waals surface area (Å²) in [4.78, 5) is 6.09. The molecular formula is C14H15FN2S. The molecule has 0 saturated heterocycles. The van der Waals surface area contributed by atoms with Gasteiger partial charge in [-0.2, -0.15) is 0 Å². The maximum Gasteiger partial charge on any atom is 0.125 e. The SMILES string of the molecule is Fc1cccc(NCc2nc3c(s2)CCCC3)c1. The molecule has 0 spiro atoms. The number of hydrogen-bond acceptors (Lipinski definition) is 3. The van der Waals surface area contributed by atoms with Crippen LogP contribution in [0.3, 0.4) is 0 Å². The second-order valence-corrected chi connectivity index (χ2v) is 5.72. The third kappa shape index (κ3) is 2.53. The van der Waals surface area contributed by atoms with Gasteiger partial charge in [-0.1, -0.05) is 6.07 Å². The van der Waals surface area contributed by atoms with Crippen LogP contribution in [-0.2, 0) is 19.4 Å². The second kappa shape index (κ2) is 5.06. The number of aromatic nitrogens is 1. The zero-order chi connectivity index (χ0) is 12.4. The van der Waals surface area contributed by atoms with Crippen LogP contribution in [0.25, 0.3) is 0 Å². The molecule has 1 aromatic heterocycles. The lowest BCUT2D eigenvalue weighted by atomic mass is 10.0. The van der Waals surface area contributed by atoms with E-state index >= 15 is 0 Å². The Morgan fingerprint density at radius 2 is 2.17 bits per heavy atom. The number of halogens is 1. The average Bonchev–Trinajstić information content (AvgIpc) is 2.79. The molecule has 0 unspecified atom stereocenters. The van der Waals surface area contributed by atoms with Gasteiger partial charge in [0.05, 0.1) is 12.2 Å². The normalized spacial score (nSPS) is 14.3. The summed E-state index contributed by atoms with van der Waals surface area (Å²) >= 11 is 1.79. The van der Waals surface area contributed by atoms with Crippen LogP contribution in [0.5, 0.6) is 0 Å². The Labute approximate surface area is 110 Å². The quantitative estimate of drug-likeness (QED) is 0.910. The molecule has 0 radical (unpaired) electrons. The van der Waals surface area contributed by atoms with Crippen LogP contribution < -0.4 is 5.32 Å². The molecule has 1 heterocycles. The Hall–Kier alpha value is -1.42. The highest BCUT2D eigenvalue weighted by atomic mass is 32.1. The molecule has 0 atom stereocenters. The Kier molecular flexibility index (Phi) is 3.28. The Balaban J connectivity index is 1.68. The summed E-state index contributed by atoms with van der Waals surface area (Å²) in [6, 6.07) is 6.54. The highest BCUT2D eigenvalue weighted by Crippen LogP contribution is 2.27. The maximum absolute atomic E-state index is 13.0. The van der Waals surface area contributed by atoms with Crippen molar-refractivity contribution in [2.24, 2.45) is 0 Å². The van der Waals surface area contributed by atoms with E-state index in [9.17, 15) is 4.39 Å². The topological polar surface area (TPSA) is 24.9 Å². The van der Waals surface area contributed by atoms with E-state index in [1.807, 2.05) is 6.07 Å². The number of benzene rings is 1. The Bertz CT molecular complexity index is 527. The number of aryl methyl sites for hydroxylation is 2. The van der Waals surface area contributed by atoms with Crippen molar-refractivity contribution >= 4 is 17.0 Å². The van der Waals surface area contributed by atoms with Crippen molar-refractivity contribution in [1.82, 2.24) is 4.98 Å². The highest BCUT2D eigenvalue weighted by molar-refractivity contribution is 7.11. The van der Waals surface area contributed by atoms with Gasteiger partial charge in [0, 0.05) is 10.6 Å². The minimum Gasteiger partial charge on any atom is -0.378 e. The number of fused-ring (bicyclic) bond motifs is 1. The molecule has 3 rings (SSSR count). The lowest BCUT2D eigenvalue weighted by Gasteiger charge is -2.06. The van der Waals surface area contributed by atoms with E-state index in [0.29, 0.717) is 6.54 Å². The highest BCUT2D eigenvalue weighted by Gasteiger charge is 2.14. The maximum atomic E-state index is 13.0. The van der Waals surface area contributed by atoms with E-state index in [2.05, 4.69) is 10.3 Å². The molecule has 0 fully saturated rings. The predicted octanol–water partition coefficient (Wildman–Crippen LogP) is 3.77. The largest absolute Gasteiger partial charge is 0.378 e. The number of hydrogen-bond donors (Lipinski definition) is 1. The minimum atomic E-state index is -0.210. The summed E-state index contributed by atoms with van der Waals surface area (Å²) in [5, 5.41) is 4.32.